The van der Waals surface area contributed by atoms with E-state index in [1.165, 1.54) is 19.1 Å². The van der Waals surface area contributed by atoms with Crippen LogP contribution in [0.4, 0.5) is 19.1 Å². The molecule has 49 heavy (non-hydrogen) atoms. The summed E-state index contributed by atoms with van der Waals surface area (Å²) in [5, 5.41) is 3.81. The Balaban J connectivity index is 1.12. The number of benzene rings is 2. The van der Waals surface area contributed by atoms with E-state index in [2.05, 4.69) is 20.3 Å². The SMILES string of the molecule is CC(=O)N1CCN(CC2(S(=O)(=O)CC(=O)c3ccc(Cc4nc(NC5(c6ccc(Cl)cc6)CC5)nc(OCC(F)(F)F)n4)cc3)CC2)CC1. The number of halogens is 4. The highest BCUT2D eigenvalue weighted by molar-refractivity contribution is 7.93. The molecule has 3 aromatic rings. The molecule has 0 unspecified atom stereocenters. The largest absolute Gasteiger partial charge is 0.454 e. The second-order valence-electron chi connectivity index (χ2n) is 13.0. The van der Waals surface area contributed by atoms with E-state index in [0.29, 0.717) is 56.2 Å². The maximum Gasteiger partial charge on any atom is 0.422 e. The lowest BCUT2D eigenvalue weighted by atomic mass is 10.1. The molecular formula is C33H36ClF3N6O5S. The molecule has 0 radical (unpaired) electrons. The second-order valence-corrected chi connectivity index (χ2v) is 15.8. The first-order valence-corrected chi connectivity index (χ1v) is 18.0. The second kappa shape index (κ2) is 13.5. The van der Waals surface area contributed by atoms with Crippen LogP contribution >= 0.6 is 11.6 Å². The number of aromatic nitrogens is 3. The van der Waals surface area contributed by atoms with Gasteiger partial charge < -0.3 is 15.0 Å². The highest BCUT2D eigenvalue weighted by Gasteiger charge is 2.55. The van der Waals surface area contributed by atoms with Crippen molar-refractivity contribution < 1.29 is 35.9 Å². The first-order chi connectivity index (χ1) is 23.1. The predicted molar refractivity (Wildman–Crippen MR) is 175 cm³/mol. The Kier molecular flexibility index (Phi) is 9.63. The molecule has 11 nitrogen and oxygen atoms in total. The molecule has 2 heterocycles. The zero-order valence-corrected chi connectivity index (χ0v) is 28.4. The normalized spacial score (nSPS) is 18.5. The lowest BCUT2D eigenvalue weighted by Crippen LogP contribution is -2.51. The number of carbonyl (C=O) groups is 2. The predicted octanol–water partition coefficient (Wildman–Crippen LogP) is 4.45. The number of alkyl halides is 3. The van der Waals surface area contributed by atoms with Gasteiger partial charge in [-0.05, 0) is 48.9 Å². The summed E-state index contributed by atoms with van der Waals surface area (Å²) in [6, 6.07) is 13.1. The van der Waals surface area contributed by atoms with E-state index >= 15 is 0 Å². The van der Waals surface area contributed by atoms with Gasteiger partial charge in [-0.2, -0.15) is 28.1 Å². The Morgan fingerprint density at radius 2 is 1.59 bits per heavy atom. The number of sulfone groups is 1. The van der Waals surface area contributed by atoms with Crippen LogP contribution in [0.3, 0.4) is 0 Å². The van der Waals surface area contributed by atoms with Gasteiger partial charge in [-0.1, -0.05) is 48.0 Å². The zero-order chi connectivity index (χ0) is 35.0. The minimum absolute atomic E-state index is 0.00323. The highest BCUT2D eigenvalue weighted by Crippen LogP contribution is 2.48. The number of amides is 1. The van der Waals surface area contributed by atoms with Crippen molar-refractivity contribution in [3.63, 3.8) is 0 Å². The van der Waals surface area contributed by atoms with Gasteiger partial charge in [-0.3, -0.25) is 14.5 Å². The number of hydrogen-bond donors (Lipinski definition) is 1. The summed E-state index contributed by atoms with van der Waals surface area (Å²) < 4.78 is 69.6. The number of ether oxygens (including phenoxy) is 1. The number of carbonyl (C=O) groups excluding carboxylic acids is 2. The Morgan fingerprint density at radius 1 is 0.939 bits per heavy atom. The number of nitrogens with zero attached hydrogens (tertiary/aromatic N) is 5. The quantitative estimate of drug-likeness (QED) is 0.253. The molecule has 1 aliphatic heterocycles. The maximum atomic E-state index is 13.4. The van der Waals surface area contributed by atoms with E-state index in [1.807, 2.05) is 17.0 Å². The lowest BCUT2D eigenvalue weighted by Gasteiger charge is -2.36. The molecule has 1 amide bonds. The summed E-state index contributed by atoms with van der Waals surface area (Å²) in [4.78, 5) is 41.2. The highest BCUT2D eigenvalue weighted by atomic mass is 35.5. The van der Waals surface area contributed by atoms with Crippen LogP contribution in [0.5, 0.6) is 6.01 Å². The summed E-state index contributed by atoms with van der Waals surface area (Å²) in [6.45, 7) is 2.55. The number of hydrogen-bond acceptors (Lipinski definition) is 10. The smallest absolute Gasteiger partial charge is 0.422 e. The molecule has 2 saturated carbocycles. The molecule has 1 aromatic heterocycles. The van der Waals surface area contributed by atoms with E-state index in [1.54, 1.807) is 29.2 Å². The molecule has 0 bridgehead atoms. The van der Waals surface area contributed by atoms with Crippen molar-refractivity contribution in [2.24, 2.45) is 0 Å². The van der Waals surface area contributed by atoms with Gasteiger partial charge in [0.1, 0.15) is 11.6 Å². The topological polar surface area (TPSA) is 135 Å². The van der Waals surface area contributed by atoms with Gasteiger partial charge in [-0.25, -0.2) is 8.42 Å². The number of Topliss-reactive ketones (excluding diaryl/α,β-unsaturated/α-hetero) is 1. The van der Waals surface area contributed by atoms with Crippen LogP contribution in [0.15, 0.2) is 48.5 Å². The Labute approximate surface area is 287 Å². The van der Waals surface area contributed by atoms with Gasteiger partial charge in [0, 0.05) is 56.7 Å². The van der Waals surface area contributed by atoms with Crippen molar-refractivity contribution in [1.82, 2.24) is 24.8 Å². The molecule has 1 saturated heterocycles. The molecule has 0 spiro atoms. The van der Waals surface area contributed by atoms with E-state index in [9.17, 15) is 31.2 Å². The van der Waals surface area contributed by atoms with Gasteiger partial charge in [-0.15, -0.1) is 0 Å². The van der Waals surface area contributed by atoms with E-state index in [0.717, 1.165) is 18.4 Å². The van der Waals surface area contributed by atoms with E-state index in [-0.39, 0.29) is 29.7 Å². The van der Waals surface area contributed by atoms with Crippen LogP contribution in [0, 0.1) is 0 Å². The van der Waals surface area contributed by atoms with E-state index in [4.69, 9.17) is 16.3 Å². The molecule has 2 aliphatic carbocycles. The molecule has 1 N–H and O–H groups in total. The minimum atomic E-state index is -4.60. The van der Waals surface area contributed by atoms with Gasteiger partial charge >= 0.3 is 12.2 Å². The summed E-state index contributed by atoms with van der Waals surface area (Å²) in [5.41, 5.74) is 1.29. The van der Waals surface area contributed by atoms with Crippen LogP contribution < -0.4 is 10.1 Å². The number of nitrogens with one attached hydrogen (secondary N) is 1. The van der Waals surface area contributed by atoms with Crippen LogP contribution in [-0.2, 0) is 26.6 Å². The van der Waals surface area contributed by atoms with E-state index < -0.39 is 50.5 Å². The molecule has 0 atom stereocenters. The number of rotatable bonds is 13. The standard InChI is InChI=1S/C33H36ClF3N6O5S/c1-22(44)43-16-14-42(15-17-43)20-31(10-11-31)49(46,47)19-27(45)24-4-2-23(3-5-24)18-28-38-29(40-30(39-28)48-21-33(35,36)37)41-32(12-13-32)25-6-8-26(34)9-7-25/h2-9H,10-21H2,1H3,(H,38,39,40,41). The van der Waals surface area contributed by atoms with Crippen molar-refractivity contribution in [3.8, 4) is 6.01 Å². The Morgan fingerprint density at radius 3 is 2.16 bits per heavy atom. The Bertz CT molecular complexity index is 1810. The minimum Gasteiger partial charge on any atom is -0.454 e. The number of ketones is 1. The van der Waals surface area contributed by atoms with Crippen LogP contribution in [0.2, 0.25) is 5.02 Å². The maximum absolute atomic E-state index is 13.4. The van der Waals surface area contributed by atoms with Gasteiger partial charge in [0.15, 0.2) is 22.2 Å². The van der Waals surface area contributed by atoms with Crippen LogP contribution in [0.25, 0.3) is 0 Å². The molecular weight excluding hydrogens is 685 g/mol. The van der Waals surface area contributed by atoms with Crippen molar-refractivity contribution >= 4 is 39.1 Å². The summed E-state index contributed by atoms with van der Waals surface area (Å²) in [6.07, 6.45) is -2.03. The molecule has 2 aromatic carbocycles. The third kappa shape index (κ3) is 8.50. The third-order valence-electron chi connectivity index (χ3n) is 9.28. The molecule has 6 rings (SSSR count). The fraction of sp³-hybridized carbons (Fsp3) is 0.485. The summed E-state index contributed by atoms with van der Waals surface area (Å²) in [5.74, 6) is -0.941. The van der Waals surface area contributed by atoms with Crippen LogP contribution in [-0.4, -0.2) is 101 Å². The molecule has 262 valence electrons. The summed E-state index contributed by atoms with van der Waals surface area (Å²) >= 11 is 6.03. The van der Waals surface area contributed by atoms with Crippen molar-refractivity contribution in [2.75, 3.05) is 50.4 Å². The van der Waals surface area contributed by atoms with Gasteiger partial charge in [0.25, 0.3) is 0 Å². The molecule has 16 heteroatoms. The van der Waals surface area contributed by atoms with Crippen LogP contribution in [0.1, 0.15) is 59.9 Å². The fourth-order valence-corrected chi connectivity index (χ4v) is 8.12. The van der Waals surface area contributed by atoms with Crippen molar-refractivity contribution in [3.05, 3.63) is 76.1 Å². The number of piperazine rings is 1. The number of anilines is 1. The monoisotopic (exact) mass is 720 g/mol. The lowest BCUT2D eigenvalue weighted by molar-refractivity contribution is -0.154. The van der Waals surface area contributed by atoms with Gasteiger partial charge in [0.05, 0.1) is 10.3 Å². The first-order valence-electron chi connectivity index (χ1n) is 16.0. The zero-order valence-electron chi connectivity index (χ0n) is 26.8. The fourth-order valence-electron chi connectivity index (χ4n) is 6.07. The van der Waals surface area contributed by atoms with Gasteiger partial charge in [0.2, 0.25) is 11.9 Å². The summed E-state index contributed by atoms with van der Waals surface area (Å²) in [7, 11) is -3.75. The molecule has 3 fully saturated rings. The first kappa shape index (κ1) is 35.0. The Hall–Kier alpha value is -3.82. The average molecular weight is 721 g/mol. The third-order valence-corrected chi connectivity index (χ3v) is 12.0. The van der Waals surface area contributed by atoms with Crippen molar-refractivity contribution in [1.29, 1.82) is 0 Å². The van der Waals surface area contributed by atoms with Crippen molar-refractivity contribution in [2.45, 2.75) is 55.5 Å². The molecule has 3 aliphatic rings. The average Bonchev–Trinajstić information content (AvgIpc) is 3.98.